The van der Waals surface area contributed by atoms with Crippen LogP contribution in [0.2, 0.25) is 0 Å². The molecule has 0 unspecified atom stereocenters. The van der Waals surface area contributed by atoms with Gasteiger partial charge in [-0.25, -0.2) is 9.97 Å². The van der Waals surface area contributed by atoms with E-state index in [9.17, 15) is 0 Å². The van der Waals surface area contributed by atoms with E-state index in [1.165, 1.54) is 11.8 Å². The van der Waals surface area contributed by atoms with Crippen LogP contribution in [0.15, 0.2) is 64.6 Å². The maximum Gasteiger partial charge on any atom is 0.194 e. The number of nitrogen functional groups attached to an aromatic ring is 1. The summed E-state index contributed by atoms with van der Waals surface area (Å²) < 4.78 is 0. The smallest absolute Gasteiger partial charge is 0.194 e. The van der Waals surface area contributed by atoms with Gasteiger partial charge in [-0.05, 0) is 36.0 Å². The van der Waals surface area contributed by atoms with Crippen LogP contribution in [0.25, 0.3) is 10.9 Å². The summed E-state index contributed by atoms with van der Waals surface area (Å²) in [6, 6.07) is 17.8. The lowest BCUT2D eigenvalue weighted by Crippen LogP contribution is -1.96. The number of nitrogens with zero attached hydrogens (tertiary/aromatic N) is 2. The third-order valence-corrected chi connectivity index (χ3v) is 3.44. The Kier molecular flexibility index (Phi) is 2.86. The highest BCUT2D eigenvalue weighted by atomic mass is 32.2. The molecule has 0 spiro atoms. The Morgan fingerprint density at radius 3 is 2.39 bits per heavy atom. The second-order valence-electron chi connectivity index (χ2n) is 3.82. The van der Waals surface area contributed by atoms with E-state index >= 15 is 0 Å². The number of fused-ring (bicyclic) bond motifs is 1. The SMILES string of the molecule is Nc1nc(Sc2ccccc2)nc2ccccc12. The Hall–Kier alpha value is -2.07. The molecule has 0 saturated heterocycles. The fraction of sp³-hybridized carbons (Fsp3) is 0. The molecule has 0 fully saturated rings. The number of para-hydroxylation sites is 1. The quantitative estimate of drug-likeness (QED) is 0.711. The number of aromatic nitrogens is 2. The first-order valence-electron chi connectivity index (χ1n) is 5.58. The van der Waals surface area contributed by atoms with Gasteiger partial charge in [-0.2, -0.15) is 0 Å². The van der Waals surface area contributed by atoms with Gasteiger partial charge in [0.15, 0.2) is 5.16 Å². The molecule has 2 N–H and O–H groups in total. The van der Waals surface area contributed by atoms with E-state index in [2.05, 4.69) is 9.97 Å². The summed E-state index contributed by atoms with van der Waals surface area (Å²) in [5, 5.41) is 1.58. The maximum absolute atomic E-state index is 5.95. The summed E-state index contributed by atoms with van der Waals surface area (Å²) in [6.07, 6.45) is 0. The molecule has 1 heterocycles. The minimum absolute atomic E-state index is 0.527. The van der Waals surface area contributed by atoms with Crippen molar-refractivity contribution in [3.8, 4) is 0 Å². The van der Waals surface area contributed by atoms with Gasteiger partial charge < -0.3 is 5.73 Å². The van der Waals surface area contributed by atoms with Crippen molar-refractivity contribution in [1.29, 1.82) is 0 Å². The van der Waals surface area contributed by atoms with Gasteiger partial charge in [-0.1, -0.05) is 30.3 Å². The fourth-order valence-electron chi connectivity index (χ4n) is 1.72. The van der Waals surface area contributed by atoms with E-state index in [0.717, 1.165) is 15.8 Å². The van der Waals surface area contributed by atoms with Gasteiger partial charge in [-0.3, -0.25) is 0 Å². The molecule has 0 amide bonds. The van der Waals surface area contributed by atoms with Crippen molar-refractivity contribution in [3.05, 3.63) is 54.6 Å². The lowest BCUT2D eigenvalue weighted by atomic mass is 10.2. The van der Waals surface area contributed by atoms with Crippen molar-refractivity contribution >= 4 is 28.5 Å². The van der Waals surface area contributed by atoms with Crippen molar-refractivity contribution < 1.29 is 0 Å². The third kappa shape index (κ3) is 2.15. The molecule has 2 aromatic carbocycles. The maximum atomic E-state index is 5.95. The number of rotatable bonds is 2. The van der Waals surface area contributed by atoms with Gasteiger partial charge in [0.05, 0.1) is 5.52 Å². The van der Waals surface area contributed by atoms with Gasteiger partial charge in [0, 0.05) is 10.3 Å². The number of benzene rings is 2. The number of anilines is 1. The van der Waals surface area contributed by atoms with Crippen molar-refractivity contribution in [2.24, 2.45) is 0 Å². The Labute approximate surface area is 109 Å². The molecule has 0 radical (unpaired) electrons. The fourth-order valence-corrected chi connectivity index (χ4v) is 2.51. The zero-order valence-electron chi connectivity index (χ0n) is 9.58. The average Bonchev–Trinajstić information content (AvgIpc) is 2.40. The standard InChI is InChI=1S/C14H11N3S/c15-13-11-8-4-5-9-12(11)16-14(17-13)18-10-6-2-1-3-7-10/h1-9H,(H2,15,16,17). The van der Waals surface area contributed by atoms with Gasteiger partial charge in [0.1, 0.15) is 5.82 Å². The Morgan fingerprint density at radius 1 is 0.833 bits per heavy atom. The highest BCUT2D eigenvalue weighted by Gasteiger charge is 2.05. The zero-order chi connectivity index (χ0) is 12.4. The topological polar surface area (TPSA) is 51.8 Å². The number of hydrogen-bond donors (Lipinski definition) is 1. The molecule has 1 aromatic heterocycles. The summed E-state index contributed by atoms with van der Waals surface area (Å²) >= 11 is 1.51. The van der Waals surface area contributed by atoms with Gasteiger partial charge >= 0.3 is 0 Å². The van der Waals surface area contributed by atoms with E-state index in [1.54, 1.807) is 0 Å². The Morgan fingerprint density at radius 2 is 1.56 bits per heavy atom. The third-order valence-electron chi connectivity index (χ3n) is 2.56. The van der Waals surface area contributed by atoms with Gasteiger partial charge in [0.25, 0.3) is 0 Å². The molecule has 0 aliphatic heterocycles. The molecule has 3 aromatic rings. The summed E-state index contributed by atoms with van der Waals surface area (Å²) in [7, 11) is 0. The largest absolute Gasteiger partial charge is 0.383 e. The van der Waals surface area contributed by atoms with Crippen LogP contribution in [0, 0.1) is 0 Å². The summed E-state index contributed by atoms with van der Waals surface area (Å²) in [5.74, 6) is 0.527. The van der Waals surface area contributed by atoms with Gasteiger partial charge in [-0.15, -0.1) is 0 Å². The van der Waals surface area contributed by atoms with Crippen molar-refractivity contribution in [3.63, 3.8) is 0 Å². The van der Waals surface area contributed by atoms with Crippen LogP contribution >= 0.6 is 11.8 Å². The van der Waals surface area contributed by atoms with Crippen LogP contribution in [0.4, 0.5) is 5.82 Å². The molecular formula is C14H11N3S. The van der Waals surface area contributed by atoms with Crippen molar-refractivity contribution in [2.45, 2.75) is 10.1 Å². The van der Waals surface area contributed by atoms with Crippen LogP contribution in [0.3, 0.4) is 0 Å². The molecule has 88 valence electrons. The van der Waals surface area contributed by atoms with E-state index in [1.807, 2.05) is 54.6 Å². The van der Waals surface area contributed by atoms with E-state index in [4.69, 9.17) is 5.73 Å². The zero-order valence-corrected chi connectivity index (χ0v) is 10.4. The van der Waals surface area contributed by atoms with Crippen LogP contribution in [-0.4, -0.2) is 9.97 Å². The summed E-state index contributed by atoms with van der Waals surface area (Å²) in [4.78, 5) is 9.93. The molecule has 0 bridgehead atoms. The van der Waals surface area contributed by atoms with Crippen LogP contribution in [-0.2, 0) is 0 Å². The predicted octanol–water partition coefficient (Wildman–Crippen LogP) is 3.36. The Bertz CT molecular complexity index is 683. The lowest BCUT2D eigenvalue weighted by molar-refractivity contribution is 1.01. The van der Waals surface area contributed by atoms with Crippen LogP contribution < -0.4 is 5.73 Å². The molecule has 0 aliphatic carbocycles. The minimum Gasteiger partial charge on any atom is -0.383 e. The molecule has 0 aliphatic rings. The Balaban J connectivity index is 2.03. The molecule has 3 nitrogen and oxygen atoms in total. The molecule has 18 heavy (non-hydrogen) atoms. The van der Waals surface area contributed by atoms with E-state index < -0.39 is 0 Å². The molecule has 3 rings (SSSR count). The van der Waals surface area contributed by atoms with Crippen LogP contribution in [0.1, 0.15) is 0 Å². The average molecular weight is 253 g/mol. The van der Waals surface area contributed by atoms with Crippen molar-refractivity contribution in [1.82, 2.24) is 9.97 Å². The molecule has 4 heteroatoms. The predicted molar refractivity (Wildman–Crippen MR) is 74.5 cm³/mol. The first kappa shape index (κ1) is 11.0. The summed E-state index contributed by atoms with van der Waals surface area (Å²) in [6.45, 7) is 0. The highest BCUT2D eigenvalue weighted by molar-refractivity contribution is 7.99. The normalized spacial score (nSPS) is 10.7. The number of hydrogen-bond acceptors (Lipinski definition) is 4. The molecule has 0 saturated carbocycles. The first-order chi connectivity index (χ1) is 8.83. The molecular weight excluding hydrogens is 242 g/mol. The van der Waals surface area contributed by atoms with E-state index in [-0.39, 0.29) is 0 Å². The number of nitrogens with two attached hydrogens (primary N) is 1. The van der Waals surface area contributed by atoms with Gasteiger partial charge in [0.2, 0.25) is 0 Å². The molecule has 0 atom stereocenters. The second kappa shape index (κ2) is 4.66. The van der Waals surface area contributed by atoms with Crippen molar-refractivity contribution in [2.75, 3.05) is 5.73 Å². The lowest BCUT2D eigenvalue weighted by Gasteiger charge is -2.04. The van der Waals surface area contributed by atoms with Crippen LogP contribution in [0.5, 0.6) is 0 Å². The highest BCUT2D eigenvalue weighted by Crippen LogP contribution is 2.27. The minimum atomic E-state index is 0.527. The second-order valence-corrected chi connectivity index (χ2v) is 4.86. The van der Waals surface area contributed by atoms with E-state index in [0.29, 0.717) is 11.0 Å². The monoisotopic (exact) mass is 253 g/mol. The first-order valence-corrected chi connectivity index (χ1v) is 6.40. The summed E-state index contributed by atoms with van der Waals surface area (Å²) in [5.41, 5.74) is 6.82.